The highest BCUT2D eigenvalue weighted by Crippen LogP contribution is 2.35. The van der Waals surface area contributed by atoms with Gasteiger partial charge in [0.05, 0.1) is 24.3 Å². The molecule has 4 aromatic rings. The van der Waals surface area contributed by atoms with Gasteiger partial charge in [0.1, 0.15) is 11.3 Å². The van der Waals surface area contributed by atoms with E-state index >= 15 is 0 Å². The Bertz CT molecular complexity index is 1200. The minimum absolute atomic E-state index is 0. The van der Waals surface area contributed by atoms with Crippen LogP contribution in [0.2, 0.25) is 0 Å². The summed E-state index contributed by atoms with van der Waals surface area (Å²) in [7, 11) is 0. The number of nitrogens with zero attached hydrogens (tertiary/aromatic N) is 5. The number of halogens is 1. The van der Waals surface area contributed by atoms with Gasteiger partial charge in [-0.25, -0.2) is 9.97 Å². The predicted molar refractivity (Wildman–Crippen MR) is 120 cm³/mol. The lowest BCUT2D eigenvalue weighted by molar-refractivity contribution is 0.122. The van der Waals surface area contributed by atoms with Gasteiger partial charge < -0.3 is 19.4 Å². The van der Waals surface area contributed by atoms with E-state index in [9.17, 15) is 0 Å². The zero-order valence-electron chi connectivity index (χ0n) is 17.0. The normalized spacial score (nSPS) is 17.4. The van der Waals surface area contributed by atoms with Crippen LogP contribution in [-0.2, 0) is 4.74 Å². The number of fused-ring (bicyclic) bond motifs is 3. The van der Waals surface area contributed by atoms with E-state index in [2.05, 4.69) is 31.5 Å². The number of pyridine rings is 1. The molecule has 0 spiro atoms. The lowest BCUT2D eigenvalue weighted by Gasteiger charge is -2.27. The molecule has 2 N–H and O–H groups in total. The summed E-state index contributed by atoms with van der Waals surface area (Å²) in [6.45, 7) is 2.84. The molecule has 4 aromatic heterocycles. The Morgan fingerprint density at radius 2 is 1.97 bits per heavy atom. The number of hydrogen-bond acceptors (Lipinski definition) is 8. The maximum absolute atomic E-state index is 6.05. The number of ether oxygens (including phenoxy) is 1. The Labute approximate surface area is 185 Å². The molecule has 2 aliphatic rings. The van der Waals surface area contributed by atoms with Crippen molar-refractivity contribution in [2.24, 2.45) is 0 Å². The maximum atomic E-state index is 6.05. The Morgan fingerprint density at radius 1 is 1.13 bits per heavy atom. The Hall–Kier alpha value is -2.91. The Balaban J connectivity index is 0.00000204. The molecule has 1 saturated carbocycles. The maximum Gasteiger partial charge on any atom is 0.231 e. The third-order valence-electron chi connectivity index (χ3n) is 6.00. The third kappa shape index (κ3) is 3.68. The minimum Gasteiger partial charge on any atom is -0.432 e. The molecule has 0 radical (unpaired) electrons. The molecular formula is C21H24ClN7O2. The Kier molecular flexibility index (Phi) is 5.37. The Morgan fingerprint density at radius 3 is 2.81 bits per heavy atom. The zero-order valence-corrected chi connectivity index (χ0v) is 17.8. The lowest BCUT2D eigenvalue weighted by atomic mass is 10.0. The first-order chi connectivity index (χ1) is 14.8. The largest absolute Gasteiger partial charge is 0.432 e. The van der Waals surface area contributed by atoms with Crippen molar-refractivity contribution in [3.63, 3.8) is 0 Å². The average Bonchev–Trinajstić information content (AvgIpc) is 3.54. The summed E-state index contributed by atoms with van der Waals surface area (Å²) < 4.78 is 11.6. The van der Waals surface area contributed by atoms with E-state index in [1.54, 1.807) is 6.20 Å². The molecule has 10 heteroatoms. The van der Waals surface area contributed by atoms with Gasteiger partial charge in [-0.3, -0.25) is 5.10 Å². The van der Waals surface area contributed by atoms with E-state index in [-0.39, 0.29) is 12.4 Å². The van der Waals surface area contributed by atoms with Crippen LogP contribution in [-0.4, -0.2) is 51.5 Å². The smallest absolute Gasteiger partial charge is 0.231 e. The van der Waals surface area contributed by atoms with Gasteiger partial charge in [-0.05, 0) is 25.0 Å². The molecule has 5 heterocycles. The fourth-order valence-electron chi connectivity index (χ4n) is 4.46. The second-order valence-corrected chi connectivity index (χ2v) is 7.92. The molecule has 162 valence electrons. The van der Waals surface area contributed by atoms with Crippen molar-refractivity contribution in [2.45, 2.75) is 31.6 Å². The molecule has 6 rings (SSSR count). The summed E-state index contributed by atoms with van der Waals surface area (Å²) in [6, 6.07) is 5.94. The highest BCUT2D eigenvalue weighted by atomic mass is 35.5. The first-order valence-electron chi connectivity index (χ1n) is 10.6. The first-order valence-corrected chi connectivity index (χ1v) is 10.6. The standard InChI is InChI=1S/C21H23N7O2.ClH/c1-2-5-13(4-1)15-12-16(27-26-15)23-21-24-17-14-6-3-7-22-20(14)30-18(17)19(25-21)28-8-10-29-11-9-28;/h3,6-7,12-13H,1-2,4-5,8-11H2,(H2,23,24,25,26,27);1H. The van der Waals surface area contributed by atoms with Gasteiger partial charge in [0.2, 0.25) is 11.7 Å². The molecule has 9 nitrogen and oxygen atoms in total. The van der Waals surface area contributed by atoms with Crippen LogP contribution in [0.1, 0.15) is 37.3 Å². The van der Waals surface area contributed by atoms with Crippen LogP contribution in [0.25, 0.3) is 22.2 Å². The monoisotopic (exact) mass is 441 g/mol. The molecule has 0 unspecified atom stereocenters. The number of furan rings is 1. The van der Waals surface area contributed by atoms with Gasteiger partial charge in [-0.15, -0.1) is 12.4 Å². The van der Waals surface area contributed by atoms with Gasteiger partial charge in [0.15, 0.2) is 11.4 Å². The lowest BCUT2D eigenvalue weighted by Crippen LogP contribution is -2.37. The number of morpholine rings is 1. The van der Waals surface area contributed by atoms with Crippen LogP contribution in [0.3, 0.4) is 0 Å². The third-order valence-corrected chi connectivity index (χ3v) is 6.00. The van der Waals surface area contributed by atoms with Crippen LogP contribution in [0.15, 0.2) is 28.8 Å². The number of hydrogen-bond donors (Lipinski definition) is 2. The fraction of sp³-hybridized carbons (Fsp3) is 0.429. The predicted octanol–water partition coefficient (Wildman–Crippen LogP) is 4.15. The van der Waals surface area contributed by atoms with Crippen LogP contribution in [0.4, 0.5) is 17.6 Å². The molecule has 0 aromatic carbocycles. The molecule has 0 amide bonds. The van der Waals surface area contributed by atoms with Gasteiger partial charge in [-0.1, -0.05) is 12.8 Å². The summed E-state index contributed by atoms with van der Waals surface area (Å²) in [4.78, 5) is 16.1. The molecule has 2 fully saturated rings. The zero-order chi connectivity index (χ0) is 19.9. The highest BCUT2D eigenvalue weighted by molar-refractivity contribution is 6.05. The van der Waals surface area contributed by atoms with Crippen molar-refractivity contribution in [1.29, 1.82) is 0 Å². The van der Waals surface area contributed by atoms with Crippen molar-refractivity contribution >= 4 is 52.2 Å². The van der Waals surface area contributed by atoms with Crippen LogP contribution < -0.4 is 10.2 Å². The summed E-state index contributed by atoms with van der Waals surface area (Å²) >= 11 is 0. The van der Waals surface area contributed by atoms with Gasteiger partial charge in [-0.2, -0.15) is 10.1 Å². The molecule has 0 atom stereocenters. The number of aromatic amines is 1. The summed E-state index contributed by atoms with van der Waals surface area (Å²) in [5, 5.41) is 11.8. The molecule has 31 heavy (non-hydrogen) atoms. The van der Waals surface area contributed by atoms with E-state index < -0.39 is 0 Å². The minimum atomic E-state index is 0. The van der Waals surface area contributed by atoms with Gasteiger partial charge >= 0.3 is 0 Å². The topological polar surface area (TPSA) is 105 Å². The molecule has 1 aliphatic carbocycles. The van der Waals surface area contributed by atoms with Crippen molar-refractivity contribution in [3.8, 4) is 0 Å². The van der Waals surface area contributed by atoms with Crippen LogP contribution >= 0.6 is 12.4 Å². The average molecular weight is 442 g/mol. The van der Waals surface area contributed by atoms with Crippen molar-refractivity contribution in [3.05, 3.63) is 30.1 Å². The van der Waals surface area contributed by atoms with Gasteiger partial charge in [0, 0.05) is 31.3 Å². The summed E-state index contributed by atoms with van der Waals surface area (Å²) in [5.74, 6) is 2.62. The number of nitrogens with one attached hydrogen (secondary N) is 2. The first kappa shape index (κ1) is 20.0. The second-order valence-electron chi connectivity index (χ2n) is 7.92. The summed E-state index contributed by atoms with van der Waals surface area (Å²) in [6.07, 6.45) is 6.71. The van der Waals surface area contributed by atoms with E-state index in [1.807, 2.05) is 12.1 Å². The van der Waals surface area contributed by atoms with E-state index in [0.717, 1.165) is 41.3 Å². The highest BCUT2D eigenvalue weighted by Gasteiger charge is 2.23. The van der Waals surface area contributed by atoms with Gasteiger partial charge in [0.25, 0.3) is 0 Å². The molecule has 1 saturated heterocycles. The van der Waals surface area contributed by atoms with Crippen molar-refractivity contribution in [1.82, 2.24) is 25.1 Å². The number of rotatable bonds is 4. The SMILES string of the molecule is Cl.c1cnc2oc3c(N4CCOCC4)nc(Nc4cc(C5CCCC5)n[nH]4)nc3c2c1. The molecular weight excluding hydrogens is 418 g/mol. The van der Waals surface area contributed by atoms with Crippen LogP contribution in [0.5, 0.6) is 0 Å². The van der Waals surface area contributed by atoms with Crippen LogP contribution in [0, 0.1) is 0 Å². The van der Waals surface area contributed by atoms with E-state index in [4.69, 9.17) is 19.1 Å². The fourth-order valence-corrected chi connectivity index (χ4v) is 4.46. The van der Waals surface area contributed by atoms with E-state index in [0.29, 0.717) is 36.4 Å². The quantitative estimate of drug-likeness (QED) is 0.486. The molecule has 1 aliphatic heterocycles. The van der Waals surface area contributed by atoms with Crippen molar-refractivity contribution in [2.75, 3.05) is 36.5 Å². The van der Waals surface area contributed by atoms with Crippen molar-refractivity contribution < 1.29 is 9.15 Å². The second kappa shape index (κ2) is 8.32. The molecule has 0 bridgehead atoms. The number of aromatic nitrogens is 5. The number of H-pyrrole nitrogens is 1. The summed E-state index contributed by atoms with van der Waals surface area (Å²) in [5.41, 5.74) is 3.10. The van der Waals surface area contributed by atoms with E-state index in [1.165, 1.54) is 25.7 Å². The number of anilines is 3.